The maximum absolute atomic E-state index is 12.9. The number of hydrogen-bond acceptors (Lipinski definition) is 6. The van der Waals surface area contributed by atoms with Crippen molar-refractivity contribution in [3.05, 3.63) is 170 Å². The summed E-state index contributed by atoms with van der Waals surface area (Å²) >= 11 is 0. The molecule has 0 spiro atoms. The van der Waals surface area contributed by atoms with Crippen LogP contribution in [-0.2, 0) is 28.6 Å². The Morgan fingerprint density at radius 1 is 0.266 bits per heavy atom. The first kappa shape index (κ1) is 73.8. The van der Waals surface area contributed by atoms with E-state index >= 15 is 0 Å². The van der Waals surface area contributed by atoms with Crippen LogP contribution in [0.15, 0.2) is 170 Å². The number of rotatable bonds is 55. The Bertz CT molecular complexity index is 1820. The quantitative estimate of drug-likeness (QED) is 0.0261. The fourth-order valence-corrected chi connectivity index (χ4v) is 7.99. The minimum Gasteiger partial charge on any atom is -0.462 e. The number of unbranched alkanes of at least 4 members (excludes halogenated alkanes) is 16. The van der Waals surface area contributed by atoms with E-state index in [1.165, 1.54) is 25.7 Å². The summed E-state index contributed by atoms with van der Waals surface area (Å²) < 4.78 is 16.8. The summed E-state index contributed by atoms with van der Waals surface area (Å²) in [4.78, 5) is 38.3. The second-order valence-corrected chi connectivity index (χ2v) is 20.2. The van der Waals surface area contributed by atoms with E-state index < -0.39 is 6.10 Å². The molecule has 79 heavy (non-hydrogen) atoms. The van der Waals surface area contributed by atoms with E-state index in [9.17, 15) is 14.4 Å². The number of carbonyl (C=O) groups excluding carboxylic acids is 3. The van der Waals surface area contributed by atoms with Crippen LogP contribution in [0.4, 0.5) is 0 Å². The van der Waals surface area contributed by atoms with E-state index in [0.29, 0.717) is 12.8 Å². The monoisotopic (exact) mass is 1090 g/mol. The molecule has 0 aliphatic carbocycles. The van der Waals surface area contributed by atoms with Gasteiger partial charge in [0.25, 0.3) is 0 Å². The van der Waals surface area contributed by atoms with Crippen LogP contribution in [0, 0.1) is 0 Å². The van der Waals surface area contributed by atoms with Crippen molar-refractivity contribution in [3.8, 4) is 0 Å². The third-order valence-electron chi connectivity index (χ3n) is 12.7. The molecule has 1 unspecified atom stereocenters. The summed E-state index contributed by atoms with van der Waals surface area (Å²) in [5.74, 6) is -0.968. The van der Waals surface area contributed by atoms with Crippen LogP contribution in [0.1, 0.15) is 252 Å². The molecular formula is C73H114O6. The highest BCUT2D eigenvalue weighted by atomic mass is 16.6. The molecule has 6 heteroatoms. The first-order valence-corrected chi connectivity index (χ1v) is 31.6. The molecule has 0 saturated carbocycles. The molecule has 0 N–H and O–H groups in total. The highest BCUT2D eigenvalue weighted by Crippen LogP contribution is 2.13. The molecule has 0 fully saturated rings. The fraction of sp³-hybridized carbons (Fsp3) is 0.575. The van der Waals surface area contributed by atoms with E-state index in [2.05, 4.69) is 191 Å². The molecule has 0 rings (SSSR count). The molecule has 0 aromatic carbocycles. The van der Waals surface area contributed by atoms with Crippen molar-refractivity contribution >= 4 is 17.9 Å². The lowest BCUT2D eigenvalue weighted by Gasteiger charge is -2.18. The van der Waals surface area contributed by atoms with Crippen molar-refractivity contribution in [1.82, 2.24) is 0 Å². The average Bonchev–Trinajstić information content (AvgIpc) is 3.45. The van der Waals surface area contributed by atoms with Crippen molar-refractivity contribution in [3.63, 3.8) is 0 Å². The van der Waals surface area contributed by atoms with Gasteiger partial charge in [-0.2, -0.15) is 0 Å². The van der Waals surface area contributed by atoms with Crippen LogP contribution in [-0.4, -0.2) is 37.2 Å². The van der Waals surface area contributed by atoms with Crippen LogP contribution < -0.4 is 0 Å². The number of allylic oxidation sites excluding steroid dienone is 28. The maximum atomic E-state index is 12.9. The SMILES string of the molecule is CC/C=C\C/C=C\C/C=C\C/C=C\C/C=C\C/C=C\C/C=C\CCCCCCCC(=O)OCC(COC(=O)CCCCCCC/C=C\CCCC)OC(=O)CCCCCC/C=C\C/C=C\C/C=C\C/C=C\C/C=C\C/C=C\CC. The van der Waals surface area contributed by atoms with Gasteiger partial charge in [-0.25, -0.2) is 0 Å². The van der Waals surface area contributed by atoms with Gasteiger partial charge in [0, 0.05) is 19.3 Å². The summed E-state index contributed by atoms with van der Waals surface area (Å²) in [5, 5.41) is 0. The van der Waals surface area contributed by atoms with Crippen molar-refractivity contribution in [2.24, 2.45) is 0 Å². The van der Waals surface area contributed by atoms with Gasteiger partial charge in [0.15, 0.2) is 6.10 Å². The third-order valence-corrected chi connectivity index (χ3v) is 12.7. The van der Waals surface area contributed by atoms with Gasteiger partial charge in [0.2, 0.25) is 0 Å². The highest BCUT2D eigenvalue weighted by molar-refractivity contribution is 5.71. The molecule has 0 aliphatic heterocycles. The van der Waals surface area contributed by atoms with Crippen LogP contribution >= 0.6 is 0 Å². The van der Waals surface area contributed by atoms with E-state index in [1.54, 1.807) is 0 Å². The lowest BCUT2D eigenvalue weighted by atomic mass is 10.1. The molecule has 1 atom stereocenters. The molecule has 442 valence electrons. The molecule has 6 nitrogen and oxygen atoms in total. The standard InChI is InChI=1S/C73H114O6/c1-4-7-10-13-16-19-22-24-26-28-30-32-34-35-36-37-39-40-42-44-46-48-51-54-57-60-63-66-72(75)78-69-70(68-77-71(74)65-62-59-56-53-50-21-18-15-12-9-6-3)79-73(76)67-64-61-58-55-52-49-47-45-43-41-38-33-31-29-27-25-23-20-17-14-11-8-5-2/h7-8,10-11,15-20,24-27,30-33,35-36,39-41,43-44,46-47,49,70H,4-6,9,12-14,21-23,28-29,34,37-38,42,45,48,50-69H2,1-3H3/b10-7-,11-8-,18-15-,19-16-,20-17-,26-24-,27-25-,32-30-,33-31-,36-35-,40-39-,43-41-,46-44-,49-47-. The Hall–Kier alpha value is -5.23. The zero-order valence-corrected chi connectivity index (χ0v) is 50.6. The van der Waals surface area contributed by atoms with Crippen LogP contribution in [0.2, 0.25) is 0 Å². The molecule has 0 aromatic rings. The second-order valence-electron chi connectivity index (χ2n) is 20.2. The summed E-state index contributed by atoms with van der Waals surface area (Å²) in [7, 11) is 0. The van der Waals surface area contributed by atoms with Crippen LogP contribution in [0.5, 0.6) is 0 Å². The third kappa shape index (κ3) is 63.5. The number of esters is 3. The van der Waals surface area contributed by atoms with Crippen LogP contribution in [0.25, 0.3) is 0 Å². The van der Waals surface area contributed by atoms with E-state index in [0.717, 1.165) is 186 Å². The van der Waals surface area contributed by atoms with Gasteiger partial charge in [0.05, 0.1) is 0 Å². The van der Waals surface area contributed by atoms with Gasteiger partial charge in [-0.05, 0) is 148 Å². The van der Waals surface area contributed by atoms with Crippen molar-refractivity contribution in [1.29, 1.82) is 0 Å². The minimum absolute atomic E-state index is 0.107. The maximum Gasteiger partial charge on any atom is 0.306 e. The Morgan fingerprint density at radius 2 is 0.494 bits per heavy atom. The zero-order chi connectivity index (χ0) is 57.1. The molecule has 0 aromatic heterocycles. The first-order valence-electron chi connectivity index (χ1n) is 31.6. The molecule has 0 heterocycles. The van der Waals surface area contributed by atoms with E-state index in [-0.39, 0.29) is 37.5 Å². The number of hydrogen-bond donors (Lipinski definition) is 0. The lowest BCUT2D eigenvalue weighted by molar-refractivity contribution is -0.167. The van der Waals surface area contributed by atoms with E-state index in [1.807, 2.05) is 0 Å². The predicted molar refractivity (Wildman–Crippen MR) is 343 cm³/mol. The molecule has 0 radical (unpaired) electrons. The molecule has 0 amide bonds. The highest BCUT2D eigenvalue weighted by Gasteiger charge is 2.19. The second kappa shape index (κ2) is 65.3. The lowest BCUT2D eigenvalue weighted by Crippen LogP contribution is -2.30. The Balaban J connectivity index is 4.44. The summed E-state index contributed by atoms with van der Waals surface area (Å²) in [6.45, 7) is 6.32. The normalized spacial score (nSPS) is 13.3. The summed E-state index contributed by atoms with van der Waals surface area (Å²) in [6.07, 6.45) is 96.4. The summed E-state index contributed by atoms with van der Waals surface area (Å²) in [5.41, 5.74) is 0. The molecule has 0 aliphatic rings. The van der Waals surface area contributed by atoms with Gasteiger partial charge in [-0.1, -0.05) is 255 Å². The Labute approximate surface area is 485 Å². The topological polar surface area (TPSA) is 78.9 Å². The Kier molecular flexibility index (Phi) is 61.0. The zero-order valence-electron chi connectivity index (χ0n) is 50.6. The van der Waals surface area contributed by atoms with E-state index in [4.69, 9.17) is 14.2 Å². The summed E-state index contributed by atoms with van der Waals surface area (Å²) in [6, 6.07) is 0. The fourth-order valence-electron chi connectivity index (χ4n) is 7.99. The molecule has 0 bridgehead atoms. The van der Waals surface area contributed by atoms with Gasteiger partial charge in [-0.3, -0.25) is 14.4 Å². The largest absolute Gasteiger partial charge is 0.462 e. The van der Waals surface area contributed by atoms with Crippen molar-refractivity contribution < 1.29 is 28.6 Å². The van der Waals surface area contributed by atoms with Crippen molar-refractivity contribution in [2.75, 3.05) is 13.2 Å². The number of ether oxygens (including phenoxy) is 3. The minimum atomic E-state index is -0.814. The predicted octanol–water partition coefficient (Wildman–Crippen LogP) is 21.9. The first-order chi connectivity index (χ1) is 39.0. The Morgan fingerprint density at radius 3 is 0.785 bits per heavy atom. The van der Waals surface area contributed by atoms with Gasteiger partial charge in [-0.15, -0.1) is 0 Å². The smallest absolute Gasteiger partial charge is 0.306 e. The van der Waals surface area contributed by atoms with Gasteiger partial charge in [0.1, 0.15) is 13.2 Å². The average molecular weight is 1090 g/mol. The van der Waals surface area contributed by atoms with Crippen molar-refractivity contribution in [2.45, 2.75) is 258 Å². The van der Waals surface area contributed by atoms with Gasteiger partial charge >= 0.3 is 17.9 Å². The molecule has 0 saturated heterocycles. The molecular weight excluding hydrogens is 973 g/mol. The van der Waals surface area contributed by atoms with Gasteiger partial charge < -0.3 is 14.2 Å². The van der Waals surface area contributed by atoms with Crippen LogP contribution in [0.3, 0.4) is 0 Å². The number of carbonyl (C=O) groups is 3.